The number of alkyl halides is 3. The lowest BCUT2D eigenvalue weighted by atomic mass is 10.1. The average molecular weight is 307 g/mol. The van der Waals surface area contributed by atoms with E-state index in [1.807, 2.05) is 24.3 Å². The van der Waals surface area contributed by atoms with Crippen molar-refractivity contribution in [3.8, 4) is 0 Å². The van der Waals surface area contributed by atoms with Gasteiger partial charge >= 0.3 is 6.18 Å². The number of hydrogen-bond acceptors (Lipinski definition) is 2. The maximum absolute atomic E-state index is 12.0. The summed E-state index contributed by atoms with van der Waals surface area (Å²) in [6.45, 7) is 2.07. The van der Waals surface area contributed by atoms with Gasteiger partial charge in [0.25, 0.3) is 0 Å². The molecular formula is C14H18ClF3N2. The van der Waals surface area contributed by atoms with Crippen LogP contribution in [0.15, 0.2) is 24.3 Å². The van der Waals surface area contributed by atoms with Gasteiger partial charge in [0, 0.05) is 18.1 Å². The molecule has 1 N–H and O–H groups in total. The van der Waals surface area contributed by atoms with Crippen LogP contribution < -0.4 is 5.32 Å². The van der Waals surface area contributed by atoms with Crippen LogP contribution in [0.2, 0.25) is 5.02 Å². The first-order valence-electron chi connectivity index (χ1n) is 6.66. The van der Waals surface area contributed by atoms with Crippen molar-refractivity contribution in [2.24, 2.45) is 5.92 Å². The molecule has 0 aliphatic carbocycles. The highest BCUT2D eigenvalue weighted by Crippen LogP contribution is 2.20. The van der Waals surface area contributed by atoms with Crippen LogP contribution in [-0.2, 0) is 6.54 Å². The molecule has 2 nitrogen and oxygen atoms in total. The number of benzene rings is 1. The van der Waals surface area contributed by atoms with E-state index in [0.29, 0.717) is 11.6 Å². The summed E-state index contributed by atoms with van der Waals surface area (Å²) in [5.41, 5.74) is 1.14. The van der Waals surface area contributed by atoms with Crippen molar-refractivity contribution in [2.75, 3.05) is 26.2 Å². The van der Waals surface area contributed by atoms with Gasteiger partial charge in [-0.25, -0.2) is 0 Å². The molecule has 1 fully saturated rings. The van der Waals surface area contributed by atoms with E-state index in [-0.39, 0.29) is 5.92 Å². The normalized spacial score (nSPS) is 20.5. The van der Waals surface area contributed by atoms with Crippen LogP contribution in [0.1, 0.15) is 12.0 Å². The number of nitrogens with zero attached hydrogens (tertiary/aromatic N) is 1. The lowest BCUT2D eigenvalue weighted by molar-refractivity contribution is -0.125. The fourth-order valence-corrected chi connectivity index (χ4v) is 2.75. The summed E-state index contributed by atoms with van der Waals surface area (Å²) >= 11 is 5.94. The molecule has 0 bridgehead atoms. The average Bonchev–Trinajstić information content (AvgIpc) is 2.75. The van der Waals surface area contributed by atoms with Crippen molar-refractivity contribution < 1.29 is 13.2 Å². The van der Waals surface area contributed by atoms with Crippen LogP contribution >= 0.6 is 11.6 Å². The standard InChI is InChI=1S/C14H18ClF3N2/c15-13-3-1-2-11(6-13)8-20-5-4-12(9-20)7-19-10-14(16,17)18/h1-3,6,12,19H,4-5,7-10H2. The third-order valence-corrected chi connectivity index (χ3v) is 3.66. The van der Waals surface area contributed by atoms with Crippen molar-refractivity contribution in [3.63, 3.8) is 0 Å². The van der Waals surface area contributed by atoms with Gasteiger partial charge in [-0.05, 0) is 43.1 Å². The Hall–Kier alpha value is -0.780. The topological polar surface area (TPSA) is 15.3 Å². The molecule has 1 aromatic rings. The highest BCUT2D eigenvalue weighted by molar-refractivity contribution is 6.30. The van der Waals surface area contributed by atoms with Crippen molar-refractivity contribution in [1.82, 2.24) is 10.2 Å². The van der Waals surface area contributed by atoms with Crippen molar-refractivity contribution >= 4 is 11.6 Å². The lowest BCUT2D eigenvalue weighted by Gasteiger charge is -2.17. The van der Waals surface area contributed by atoms with E-state index in [9.17, 15) is 13.2 Å². The van der Waals surface area contributed by atoms with Crippen LogP contribution in [-0.4, -0.2) is 37.3 Å². The Balaban J connectivity index is 1.72. The number of likely N-dealkylation sites (tertiary alicyclic amines) is 1. The van der Waals surface area contributed by atoms with Gasteiger partial charge in [0.1, 0.15) is 0 Å². The Morgan fingerprint density at radius 2 is 2.15 bits per heavy atom. The van der Waals surface area contributed by atoms with E-state index in [1.165, 1.54) is 0 Å². The molecule has 6 heteroatoms. The zero-order valence-corrected chi connectivity index (χ0v) is 11.8. The number of hydrogen-bond donors (Lipinski definition) is 1. The smallest absolute Gasteiger partial charge is 0.308 e. The van der Waals surface area contributed by atoms with Gasteiger partial charge in [-0.1, -0.05) is 23.7 Å². The number of rotatable bonds is 5. The summed E-state index contributed by atoms with van der Waals surface area (Å²) in [6.07, 6.45) is -3.19. The Kier molecular flexibility index (Phi) is 5.29. The molecule has 0 aromatic heterocycles. The van der Waals surface area contributed by atoms with Crippen LogP contribution in [0.25, 0.3) is 0 Å². The number of halogens is 4. The second-order valence-electron chi connectivity index (χ2n) is 5.27. The second-order valence-corrected chi connectivity index (χ2v) is 5.70. The zero-order valence-electron chi connectivity index (χ0n) is 11.1. The Morgan fingerprint density at radius 1 is 1.35 bits per heavy atom. The van der Waals surface area contributed by atoms with E-state index in [4.69, 9.17) is 11.6 Å². The Labute approximate surface area is 121 Å². The molecule has 1 aromatic carbocycles. The van der Waals surface area contributed by atoms with Crippen LogP contribution in [0.3, 0.4) is 0 Å². The van der Waals surface area contributed by atoms with Gasteiger partial charge in [0.05, 0.1) is 6.54 Å². The van der Waals surface area contributed by atoms with Crippen LogP contribution in [0.5, 0.6) is 0 Å². The lowest BCUT2D eigenvalue weighted by Crippen LogP contribution is -2.33. The SMILES string of the molecule is FC(F)(F)CNCC1CCN(Cc2cccc(Cl)c2)C1. The van der Waals surface area contributed by atoms with E-state index in [1.54, 1.807) is 0 Å². The molecule has 0 amide bonds. The first-order chi connectivity index (χ1) is 9.42. The van der Waals surface area contributed by atoms with E-state index in [2.05, 4.69) is 10.2 Å². The fourth-order valence-electron chi connectivity index (χ4n) is 2.53. The van der Waals surface area contributed by atoms with Gasteiger partial charge in [-0.2, -0.15) is 13.2 Å². The quantitative estimate of drug-likeness (QED) is 0.898. The largest absolute Gasteiger partial charge is 0.401 e. The monoisotopic (exact) mass is 306 g/mol. The first kappa shape index (κ1) is 15.6. The van der Waals surface area contributed by atoms with Gasteiger partial charge in [0.15, 0.2) is 0 Å². The molecule has 1 atom stereocenters. The van der Waals surface area contributed by atoms with Crippen LogP contribution in [0, 0.1) is 5.92 Å². The summed E-state index contributed by atoms with van der Waals surface area (Å²) in [5.74, 6) is 0.288. The van der Waals surface area contributed by atoms with Gasteiger partial charge < -0.3 is 5.32 Å². The predicted octanol–water partition coefficient (Wildman–Crippen LogP) is 3.31. The third-order valence-electron chi connectivity index (χ3n) is 3.42. The Morgan fingerprint density at radius 3 is 2.85 bits per heavy atom. The van der Waals surface area contributed by atoms with Gasteiger partial charge in [-0.3, -0.25) is 4.90 Å². The summed E-state index contributed by atoms with van der Waals surface area (Å²) in [6, 6.07) is 7.69. The zero-order chi connectivity index (χ0) is 14.6. The molecular weight excluding hydrogens is 289 g/mol. The molecule has 0 saturated carbocycles. The van der Waals surface area contributed by atoms with E-state index >= 15 is 0 Å². The van der Waals surface area contributed by atoms with Crippen molar-refractivity contribution in [2.45, 2.75) is 19.1 Å². The van der Waals surface area contributed by atoms with Crippen molar-refractivity contribution in [1.29, 1.82) is 0 Å². The molecule has 20 heavy (non-hydrogen) atoms. The molecule has 1 saturated heterocycles. The van der Waals surface area contributed by atoms with Gasteiger partial charge in [-0.15, -0.1) is 0 Å². The molecule has 1 aliphatic heterocycles. The first-order valence-corrected chi connectivity index (χ1v) is 7.04. The highest BCUT2D eigenvalue weighted by atomic mass is 35.5. The molecule has 0 spiro atoms. The maximum Gasteiger partial charge on any atom is 0.401 e. The predicted molar refractivity (Wildman–Crippen MR) is 73.8 cm³/mol. The molecule has 1 unspecified atom stereocenters. The number of nitrogens with one attached hydrogen (secondary N) is 1. The third kappa shape index (κ3) is 5.31. The Bertz CT molecular complexity index is 437. The highest BCUT2D eigenvalue weighted by Gasteiger charge is 2.28. The second kappa shape index (κ2) is 6.78. The van der Waals surface area contributed by atoms with Gasteiger partial charge in [0.2, 0.25) is 0 Å². The minimum absolute atomic E-state index is 0.288. The summed E-state index contributed by atoms with van der Waals surface area (Å²) in [4.78, 5) is 2.26. The summed E-state index contributed by atoms with van der Waals surface area (Å²) < 4.78 is 36.1. The van der Waals surface area contributed by atoms with Crippen LogP contribution in [0.4, 0.5) is 13.2 Å². The molecule has 1 heterocycles. The maximum atomic E-state index is 12.0. The molecule has 1 aliphatic rings. The fraction of sp³-hybridized carbons (Fsp3) is 0.571. The summed E-state index contributed by atoms with van der Waals surface area (Å²) in [5, 5.41) is 3.20. The van der Waals surface area contributed by atoms with E-state index < -0.39 is 12.7 Å². The molecule has 112 valence electrons. The molecule has 0 radical (unpaired) electrons. The molecule has 2 rings (SSSR count). The van der Waals surface area contributed by atoms with E-state index in [0.717, 1.165) is 31.6 Å². The van der Waals surface area contributed by atoms with Crippen molar-refractivity contribution in [3.05, 3.63) is 34.9 Å². The minimum atomic E-state index is -4.13. The minimum Gasteiger partial charge on any atom is -0.308 e. The summed E-state index contributed by atoms with van der Waals surface area (Å²) in [7, 11) is 0.